The molecule has 2 N–H and O–H groups in total. The van der Waals surface area contributed by atoms with Crippen molar-refractivity contribution in [2.75, 3.05) is 5.32 Å². The van der Waals surface area contributed by atoms with E-state index < -0.39 is 0 Å². The zero-order valence-corrected chi connectivity index (χ0v) is 13.2. The zero-order valence-electron chi connectivity index (χ0n) is 13.2. The second-order valence-corrected chi connectivity index (χ2v) is 5.59. The van der Waals surface area contributed by atoms with Gasteiger partial charge in [-0.2, -0.15) is 10.1 Å². The number of aryl methyl sites for hydroxylation is 1. The molecule has 3 aromatic heterocycles. The minimum Gasteiger partial charge on any atom is -0.324 e. The van der Waals surface area contributed by atoms with Gasteiger partial charge in [-0.3, -0.25) is 14.5 Å². The molecule has 0 aliphatic heterocycles. The number of aromatic amines is 1. The van der Waals surface area contributed by atoms with Crippen molar-refractivity contribution in [3.05, 3.63) is 53.1 Å². The molecule has 120 valence electrons. The molecule has 0 unspecified atom stereocenters. The number of fused-ring (bicyclic) bond motifs is 2. The van der Waals surface area contributed by atoms with Crippen molar-refractivity contribution in [3.8, 4) is 0 Å². The summed E-state index contributed by atoms with van der Waals surface area (Å²) >= 11 is 0. The summed E-state index contributed by atoms with van der Waals surface area (Å²) in [6, 6.07) is 9.15. The van der Waals surface area contributed by atoms with E-state index >= 15 is 0 Å². The third kappa shape index (κ3) is 2.50. The lowest BCUT2D eigenvalue weighted by atomic mass is 10.2. The molecule has 4 aromatic rings. The minimum absolute atomic E-state index is 0.0474. The smallest absolute Gasteiger partial charge is 0.252 e. The van der Waals surface area contributed by atoms with Crippen LogP contribution < -0.4 is 10.9 Å². The molecule has 0 aliphatic rings. The van der Waals surface area contributed by atoms with Crippen molar-refractivity contribution in [2.45, 2.75) is 19.9 Å². The molecule has 0 radical (unpaired) electrons. The van der Waals surface area contributed by atoms with Crippen LogP contribution in [0.4, 0.5) is 11.6 Å². The summed E-state index contributed by atoms with van der Waals surface area (Å²) in [4.78, 5) is 21.0. The van der Waals surface area contributed by atoms with Gasteiger partial charge in [-0.05, 0) is 30.7 Å². The number of H-pyrrole nitrogens is 1. The molecule has 0 bridgehead atoms. The monoisotopic (exact) mass is 320 g/mol. The van der Waals surface area contributed by atoms with Crippen LogP contribution >= 0.6 is 0 Å². The Labute approximate surface area is 137 Å². The normalized spacial score (nSPS) is 11.2. The topological polar surface area (TPSA) is 88.5 Å². The molecule has 0 aliphatic carbocycles. The molecule has 4 rings (SSSR count). The molecular formula is C17H16N6O. The van der Waals surface area contributed by atoms with Gasteiger partial charge in [0.25, 0.3) is 5.56 Å². The molecule has 0 saturated heterocycles. The van der Waals surface area contributed by atoms with Crippen LogP contribution in [0.15, 0.2) is 47.5 Å². The van der Waals surface area contributed by atoms with Gasteiger partial charge in [0.1, 0.15) is 5.65 Å². The van der Waals surface area contributed by atoms with E-state index in [0.29, 0.717) is 18.1 Å². The SMILES string of the molecule is CCCn1c(=O)ccc2cnc(Nc3ccc4[nH]ncc4c3)nc21. The second kappa shape index (κ2) is 5.77. The van der Waals surface area contributed by atoms with Crippen molar-refractivity contribution < 1.29 is 0 Å². The Kier molecular flexibility index (Phi) is 3.45. The number of hydrogen-bond donors (Lipinski definition) is 2. The standard InChI is InChI=1S/C17H16N6O/c1-2-7-23-15(24)6-3-11-9-18-17(21-16(11)23)20-13-4-5-14-12(8-13)10-19-22-14/h3-6,8-10H,2,7H2,1H3,(H,19,22)(H,18,20,21). The van der Waals surface area contributed by atoms with Crippen LogP contribution in [0.3, 0.4) is 0 Å². The third-order valence-corrected chi connectivity index (χ3v) is 3.87. The number of benzene rings is 1. The summed E-state index contributed by atoms with van der Waals surface area (Å²) in [7, 11) is 0. The van der Waals surface area contributed by atoms with E-state index in [1.165, 1.54) is 0 Å². The highest BCUT2D eigenvalue weighted by Gasteiger charge is 2.07. The van der Waals surface area contributed by atoms with E-state index in [2.05, 4.69) is 25.5 Å². The Morgan fingerprint density at radius 1 is 1.17 bits per heavy atom. The molecule has 0 spiro atoms. The summed E-state index contributed by atoms with van der Waals surface area (Å²) in [5, 5.41) is 12.0. The molecule has 3 heterocycles. The maximum absolute atomic E-state index is 12.1. The number of anilines is 2. The van der Waals surface area contributed by atoms with E-state index in [4.69, 9.17) is 0 Å². The Morgan fingerprint density at radius 3 is 2.96 bits per heavy atom. The first-order valence-electron chi connectivity index (χ1n) is 7.81. The molecule has 0 atom stereocenters. The van der Waals surface area contributed by atoms with Crippen molar-refractivity contribution in [1.29, 1.82) is 0 Å². The first-order valence-corrected chi connectivity index (χ1v) is 7.81. The average molecular weight is 320 g/mol. The number of nitrogens with one attached hydrogen (secondary N) is 2. The molecule has 7 heteroatoms. The van der Waals surface area contributed by atoms with Gasteiger partial charge in [0.2, 0.25) is 5.95 Å². The lowest BCUT2D eigenvalue weighted by Gasteiger charge is -2.10. The number of nitrogens with zero attached hydrogens (tertiary/aromatic N) is 4. The largest absolute Gasteiger partial charge is 0.324 e. The number of pyridine rings is 1. The van der Waals surface area contributed by atoms with Crippen molar-refractivity contribution in [2.24, 2.45) is 0 Å². The maximum atomic E-state index is 12.1. The highest BCUT2D eigenvalue weighted by molar-refractivity contribution is 5.83. The first-order chi connectivity index (χ1) is 11.7. The summed E-state index contributed by atoms with van der Waals surface area (Å²) in [5.41, 5.74) is 2.43. The highest BCUT2D eigenvalue weighted by Crippen LogP contribution is 2.20. The highest BCUT2D eigenvalue weighted by atomic mass is 16.1. The lowest BCUT2D eigenvalue weighted by Crippen LogP contribution is -2.20. The molecule has 24 heavy (non-hydrogen) atoms. The Balaban J connectivity index is 1.76. The van der Waals surface area contributed by atoms with Crippen LogP contribution in [0.1, 0.15) is 13.3 Å². The molecule has 1 aromatic carbocycles. The van der Waals surface area contributed by atoms with Gasteiger partial charge in [-0.15, -0.1) is 0 Å². The Morgan fingerprint density at radius 2 is 2.08 bits per heavy atom. The predicted octanol–water partition coefficient (Wildman–Crippen LogP) is 2.82. The number of rotatable bonds is 4. The van der Waals surface area contributed by atoms with Crippen LogP contribution in [0.5, 0.6) is 0 Å². The van der Waals surface area contributed by atoms with Crippen LogP contribution in [0, 0.1) is 0 Å². The Hall–Kier alpha value is -3.22. The van der Waals surface area contributed by atoms with Crippen LogP contribution in [0.25, 0.3) is 21.9 Å². The van der Waals surface area contributed by atoms with Crippen molar-refractivity contribution in [1.82, 2.24) is 24.7 Å². The predicted molar refractivity (Wildman–Crippen MR) is 93.5 cm³/mol. The van der Waals surface area contributed by atoms with E-state index in [1.54, 1.807) is 29.1 Å². The van der Waals surface area contributed by atoms with Gasteiger partial charge in [0, 0.05) is 35.3 Å². The fourth-order valence-electron chi connectivity index (χ4n) is 2.72. The fraction of sp³-hybridized carbons (Fsp3) is 0.176. The average Bonchev–Trinajstić information content (AvgIpc) is 3.05. The third-order valence-electron chi connectivity index (χ3n) is 3.87. The van der Waals surface area contributed by atoms with E-state index in [9.17, 15) is 4.79 Å². The van der Waals surface area contributed by atoms with Crippen LogP contribution in [0.2, 0.25) is 0 Å². The van der Waals surface area contributed by atoms with Crippen LogP contribution in [-0.2, 0) is 6.54 Å². The van der Waals surface area contributed by atoms with Crippen LogP contribution in [-0.4, -0.2) is 24.7 Å². The van der Waals surface area contributed by atoms with Gasteiger partial charge in [-0.1, -0.05) is 6.92 Å². The summed E-state index contributed by atoms with van der Waals surface area (Å²) in [5.74, 6) is 0.459. The summed E-state index contributed by atoms with van der Waals surface area (Å²) in [6.07, 6.45) is 4.36. The van der Waals surface area contributed by atoms with Gasteiger partial charge in [0.05, 0.1) is 11.7 Å². The van der Waals surface area contributed by atoms with Gasteiger partial charge < -0.3 is 5.32 Å². The second-order valence-electron chi connectivity index (χ2n) is 5.59. The first kappa shape index (κ1) is 14.4. The number of hydrogen-bond acceptors (Lipinski definition) is 5. The zero-order chi connectivity index (χ0) is 16.5. The molecule has 0 amide bonds. The van der Waals surface area contributed by atoms with E-state index in [1.807, 2.05) is 25.1 Å². The van der Waals surface area contributed by atoms with E-state index in [0.717, 1.165) is 28.4 Å². The summed E-state index contributed by atoms with van der Waals surface area (Å²) < 4.78 is 1.68. The fourth-order valence-corrected chi connectivity index (χ4v) is 2.72. The molecule has 7 nitrogen and oxygen atoms in total. The van der Waals surface area contributed by atoms with Gasteiger partial charge in [0.15, 0.2) is 0 Å². The van der Waals surface area contributed by atoms with Crippen molar-refractivity contribution >= 4 is 33.6 Å². The molecule has 0 saturated carbocycles. The quantitative estimate of drug-likeness (QED) is 0.603. The van der Waals surface area contributed by atoms with Gasteiger partial charge in [-0.25, -0.2) is 4.98 Å². The van der Waals surface area contributed by atoms with Gasteiger partial charge >= 0.3 is 0 Å². The minimum atomic E-state index is -0.0474. The van der Waals surface area contributed by atoms with E-state index in [-0.39, 0.29) is 5.56 Å². The van der Waals surface area contributed by atoms with Crippen molar-refractivity contribution in [3.63, 3.8) is 0 Å². The summed E-state index contributed by atoms with van der Waals surface area (Å²) in [6.45, 7) is 2.67. The maximum Gasteiger partial charge on any atom is 0.252 e. The number of aromatic nitrogens is 5. The Bertz CT molecular complexity index is 1080. The molecule has 0 fully saturated rings. The molecular weight excluding hydrogens is 304 g/mol. The lowest BCUT2D eigenvalue weighted by molar-refractivity contribution is 0.671.